The van der Waals surface area contributed by atoms with Gasteiger partial charge in [-0.15, -0.1) is 0 Å². The number of aromatic nitrogens is 1. The lowest BCUT2D eigenvalue weighted by Crippen LogP contribution is -2.95. The molecule has 0 spiro atoms. The molecule has 1 aliphatic heterocycles. The van der Waals surface area contributed by atoms with Crippen molar-refractivity contribution in [3.63, 3.8) is 0 Å². The Kier molecular flexibility index (Phi) is 1.26. The summed E-state index contributed by atoms with van der Waals surface area (Å²) in [5, 5.41) is 25.1. The second-order valence-electron chi connectivity index (χ2n) is 2.40. The zero-order chi connectivity index (χ0) is 8.72. The van der Waals surface area contributed by atoms with Gasteiger partial charge >= 0.3 is 5.69 Å². The molecule has 2 rings (SSSR count). The molecule has 1 aromatic heterocycles. The molecule has 62 valence electrons. The van der Waals surface area contributed by atoms with Gasteiger partial charge in [-0.05, 0) is 0 Å². The molecule has 1 atom stereocenters. The molecule has 1 aliphatic rings. The summed E-state index contributed by atoms with van der Waals surface area (Å²) < 4.78 is 0.541. The Hall–Kier alpha value is -1.66. The van der Waals surface area contributed by atoms with Crippen LogP contribution in [0.4, 0.5) is 5.69 Å². The van der Waals surface area contributed by atoms with E-state index in [-0.39, 0.29) is 17.2 Å². The van der Waals surface area contributed by atoms with Gasteiger partial charge in [-0.2, -0.15) is 4.73 Å². The first kappa shape index (κ1) is 7.01. The molecular formula is C6H6N4O2. The molecule has 12 heavy (non-hydrogen) atoms. The van der Waals surface area contributed by atoms with Gasteiger partial charge in [0, 0.05) is 12.1 Å². The Morgan fingerprint density at radius 2 is 2.33 bits per heavy atom. The highest BCUT2D eigenvalue weighted by atomic mass is 16.5. The summed E-state index contributed by atoms with van der Waals surface area (Å²) in [5.41, 5.74) is 5.77. The third-order valence-corrected chi connectivity index (χ3v) is 1.65. The quantitative estimate of drug-likeness (QED) is 0.344. The number of nitrogens with one attached hydrogen (secondary N) is 1. The average molecular weight is 166 g/mol. The predicted octanol–water partition coefficient (Wildman–Crippen LogP) is -2.03. The van der Waals surface area contributed by atoms with E-state index in [1.807, 2.05) is 0 Å². The minimum atomic E-state index is -0.451. The number of hydrogen-bond acceptors (Lipinski definition) is 4. The van der Waals surface area contributed by atoms with Gasteiger partial charge in [0.05, 0.1) is 0 Å². The number of nitrogens with two attached hydrogens (primary N) is 1. The van der Waals surface area contributed by atoms with Crippen LogP contribution in [0.2, 0.25) is 0 Å². The van der Waals surface area contributed by atoms with Gasteiger partial charge in [0.1, 0.15) is 0 Å². The van der Waals surface area contributed by atoms with Crippen LogP contribution in [0.15, 0.2) is 23.4 Å². The maximum absolute atomic E-state index is 11.1. The molecule has 6 nitrogen and oxygen atoms in total. The van der Waals surface area contributed by atoms with Crippen molar-refractivity contribution in [2.75, 3.05) is 0 Å². The highest BCUT2D eigenvalue weighted by Crippen LogP contribution is 2.08. The minimum absolute atomic E-state index is 0.00870. The van der Waals surface area contributed by atoms with Crippen LogP contribution in [0.3, 0.4) is 0 Å². The molecule has 1 aromatic rings. The van der Waals surface area contributed by atoms with Crippen molar-refractivity contribution in [3.05, 3.63) is 34.4 Å². The Balaban J connectivity index is 2.68. The van der Waals surface area contributed by atoms with Crippen LogP contribution >= 0.6 is 0 Å². The molecule has 0 saturated carbocycles. The van der Waals surface area contributed by atoms with Gasteiger partial charge in [0.25, 0.3) is 5.84 Å². The lowest BCUT2D eigenvalue weighted by atomic mass is 10.3. The summed E-state index contributed by atoms with van der Waals surface area (Å²) >= 11 is 0. The molecular weight excluding hydrogens is 160 g/mol. The van der Waals surface area contributed by atoms with Gasteiger partial charge in [0.2, 0.25) is 5.69 Å². The zero-order valence-corrected chi connectivity index (χ0v) is 6.02. The fourth-order valence-electron chi connectivity index (χ4n) is 1.14. The van der Waals surface area contributed by atoms with E-state index in [4.69, 9.17) is 5.73 Å². The van der Waals surface area contributed by atoms with Gasteiger partial charge in [-0.1, -0.05) is 5.10 Å². The molecule has 0 amide bonds. The van der Waals surface area contributed by atoms with Crippen LogP contribution in [0.5, 0.6) is 0 Å². The van der Waals surface area contributed by atoms with E-state index in [2.05, 4.69) is 5.10 Å². The van der Waals surface area contributed by atoms with Crippen molar-refractivity contribution in [1.82, 2.24) is 0 Å². The van der Waals surface area contributed by atoms with Crippen molar-refractivity contribution >= 4 is 11.5 Å². The molecule has 0 bridgehead atoms. The SMILES string of the molecule is NC1=N[NH+]([O-])c2ccc[n+]([O-])c21. The number of amidine groups is 1. The smallest absolute Gasteiger partial charge is 0.328 e. The van der Waals surface area contributed by atoms with Crippen molar-refractivity contribution in [3.8, 4) is 0 Å². The van der Waals surface area contributed by atoms with Gasteiger partial charge in [0.15, 0.2) is 6.20 Å². The van der Waals surface area contributed by atoms with Crippen LogP contribution in [-0.2, 0) is 0 Å². The summed E-state index contributed by atoms with van der Waals surface area (Å²) in [7, 11) is 0. The zero-order valence-electron chi connectivity index (χ0n) is 6.02. The topological polar surface area (TPSA) is 92.8 Å². The molecule has 6 heteroatoms. The predicted molar refractivity (Wildman–Crippen MR) is 40.1 cm³/mol. The van der Waals surface area contributed by atoms with Crippen LogP contribution in [0, 0.1) is 10.4 Å². The normalized spacial score (nSPS) is 20.4. The maximum atomic E-state index is 11.1. The third kappa shape index (κ3) is 0.758. The maximum Gasteiger partial charge on any atom is 0.328 e. The Labute approximate surface area is 67.7 Å². The van der Waals surface area contributed by atoms with E-state index in [9.17, 15) is 10.4 Å². The summed E-state index contributed by atoms with van der Waals surface area (Å²) in [5.74, 6) is -0.00870. The second kappa shape index (κ2) is 2.16. The van der Waals surface area contributed by atoms with E-state index in [0.29, 0.717) is 4.73 Å². The largest absolute Gasteiger partial charge is 0.618 e. The van der Waals surface area contributed by atoms with Crippen molar-refractivity contribution in [2.45, 2.75) is 0 Å². The number of nitrogens with zero attached hydrogens (tertiary/aromatic N) is 2. The van der Waals surface area contributed by atoms with Crippen molar-refractivity contribution in [1.29, 1.82) is 0 Å². The van der Waals surface area contributed by atoms with E-state index in [1.54, 1.807) is 0 Å². The molecule has 3 N–H and O–H groups in total. The van der Waals surface area contributed by atoms with Crippen LogP contribution < -0.4 is 15.6 Å². The van der Waals surface area contributed by atoms with E-state index in [1.165, 1.54) is 18.3 Å². The fourth-order valence-corrected chi connectivity index (χ4v) is 1.14. The first-order valence-corrected chi connectivity index (χ1v) is 3.31. The highest BCUT2D eigenvalue weighted by molar-refractivity contribution is 5.98. The summed E-state index contributed by atoms with van der Waals surface area (Å²) in [4.78, 5) is 0. The number of hydrogen-bond donors (Lipinski definition) is 2. The third-order valence-electron chi connectivity index (χ3n) is 1.65. The van der Waals surface area contributed by atoms with E-state index >= 15 is 0 Å². The molecule has 2 heterocycles. The second-order valence-corrected chi connectivity index (χ2v) is 2.40. The number of quaternary nitrogens is 1. The molecule has 0 saturated heterocycles. The number of pyridine rings is 1. The first-order chi connectivity index (χ1) is 5.70. The van der Waals surface area contributed by atoms with Gasteiger partial charge in [-0.3, -0.25) is 0 Å². The Morgan fingerprint density at radius 1 is 1.58 bits per heavy atom. The van der Waals surface area contributed by atoms with Crippen LogP contribution in [0.25, 0.3) is 0 Å². The van der Waals surface area contributed by atoms with Crippen LogP contribution in [0.1, 0.15) is 5.69 Å². The average Bonchev–Trinajstić information content (AvgIpc) is 2.29. The lowest BCUT2D eigenvalue weighted by Gasteiger charge is -2.07. The van der Waals surface area contributed by atoms with Crippen molar-refractivity contribution in [2.24, 2.45) is 10.8 Å². The number of fused-ring (bicyclic) bond motifs is 1. The molecule has 0 aliphatic carbocycles. The number of rotatable bonds is 0. The summed E-state index contributed by atoms with van der Waals surface area (Å²) in [6.45, 7) is 0. The minimum Gasteiger partial charge on any atom is -0.618 e. The highest BCUT2D eigenvalue weighted by Gasteiger charge is 2.29. The molecule has 0 radical (unpaired) electrons. The van der Waals surface area contributed by atoms with Gasteiger partial charge < -0.3 is 16.1 Å². The van der Waals surface area contributed by atoms with Gasteiger partial charge in [-0.25, -0.2) is 5.17 Å². The van der Waals surface area contributed by atoms with Crippen molar-refractivity contribution < 1.29 is 9.90 Å². The van der Waals surface area contributed by atoms with Crippen LogP contribution in [-0.4, -0.2) is 5.84 Å². The summed E-state index contributed by atoms with van der Waals surface area (Å²) in [6.07, 6.45) is 1.28. The molecule has 0 aromatic carbocycles. The molecule has 1 unspecified atom stereocenters. The summed E-state index contributed by atoms with van der Waals surface area (Å²) in [6, 6.07) is 3.01. The van der Waals surface area contributed by atoms with E-state index < -0.39 is 5.17 Å². The van der Waals surface area contributed by atoms with E-state index in [0.717, 1.165) is 0 Å². The lowest BCUT2D eigenvalue weighted by molar-refractivity contribution is -0.783. The molecule has 0 fully saturated rings. The standard InChI is InChI=1S/C6H6N4O2/c7-6-5-4(10(12)8-6)2-1-3-9(5)11/h1-3,10H,(H2,7,8). The monoisotopic (exact) mass is 166 g/mol. The Morgan fingerprint density at radius 3 is 3.00 bits per heavy atom. The fraction of sp³-hybridized carbons (Fsp3) is 0. The first-order valence-electron chi connectivity index (χ1n) is 3.31. The Bertz CT molecular complexity index is 363.